The molecule has 0 aromatic heterocycles. The van der Waals surface area contributed by atoms with Gasteiger partial charge in [-0.1, -0.05) is 37.1 Å². The van der Waals surface area contributed by atoms with Crippen LogP contribution >= 0.6 is 0 Å². The van der Waals surface area contributed by atoms with E-state index in [0.29, 0.717) is 5.41 Å². The van der Waals surface area contributed by atoms with Gasteiger partial charge in [0, 0.05) is 6.61 Å². The minimum atomic E-state index is 0.269. The second-order valence-electron chi connectivity index (χ2n) is 6.13. The van der Waals surface area contributed by atoms with E-state index in [1.54, 1.807) is 5.57 Å². The minimum Gasteiger partial charge on any atom is -0.396 e. The van der Waals surface area contributed by atoms with E-state index in [1.807, 2.05) is 0 Å². The van der Waals surface area contributed by atoms with Crippen molar-refractivity contribution in [3.63, 3.8) is 0 Å². The van der Waals surface area contributed by atoms with E-state index in [0.717, 1.165) is 12.3 Å². The third-order valence-corrected chi connectivity index (χ3v) is 4.20. The lowest BCUT2D eigenvalue weighted by Crippen LogP contribution is -2.27. The number of hydrogen-bond donors (Lipinski definition) is 1. The minimum absolute atomic E-state index is 0.269. The molecule has 0 amide bonds. The number of allylic oxidation sites excluding steroid dienone is 3. The molecule has 1 aliphatic rings. The molecule has 0 saturated heterocycles. The summed E-state index contributed by atoms with van der Waals surface area (Å²) >= 11 is 0. The van der Waals surface area contributed by atoms with E-state index in [-0.39, 0.29) is 6.61 Å². The molecule has 0 aromatic carbocycles. The average molecular weight is 236 g/mol. The van der Waals surface area contributed by atoms with Crippen molar-refractivity contribution >= 4 is 0 Å². The zero-order valence-corrected chi connectivity index (χ0v) is 11.9. The highest BCUT2D eigenvalue weighted by Gasteiger charge is 2.32. The van der Waals surface area contributed by atoms with Crippen LogP contribution in [-0.4, -0.2) is 11.7 Å². The van der Waals surface area contributed by atoms with Crippen LogP contribution in [0, 0.1) is 11.3 Å². The van der Waals surface area contributed by atoms with E-state index in [4.69, 9.17) is 5.11 Å². The molecular weight excluding hydrogens is 208 g/mol. The van der Waals surface area contributed by atoms with Crippen molar-refractivity contribution in [3.05, 3.63) is 23.3 Å². The monoisotopic (exact) mass is 236 g/mol. The van der Waals surface area contributed by atoms with E-state index in [1.165, 1.54) is 31.3 Å². The molecule has 0 spiro atoms. The number of aliphatic hydroxyl groups is 1. The van der Waals surface area contributed by atoms with E-state index in [9.17, 15) is 0 Å². The Bertz CT molecular complexity index is 297. The first-order valence-electron chi connectivity index (χ1n) is 6.90. The lowest BCUT2D eigenvalue weighted by Gasteiger charge is -2.38. The zero-order chi connectivity index (χ0) is 12.9. The number of rotatable bonds is 5. The highest BCUT2D eigenvalue weighted by molar-refractivity contribution is 5.13. The zero-order valence-electron chi connectivity index (χ0n) is 11.9. The van der Waals surface area contributed by atoms with Crippen LogP contribution in [0.2, 0.25) is 0 Å². The molecule has 0 aliphatic heterocycles. The van der Waals surface area contributed by atoms with Gasteiger partial charge in [-0.05, 0) is 57.3 Å². The van der Waals surface area contributed by atoms with Gasteiger partial charge in [0.15, 0.2) is 0 Å². The van der Waals surface area contributed by atoms with Crippen molar-refractivity contribution in [2.24, 2.45) is 11.3 Å². The molecule has 1 aliphatic carbocycles. The Morgan fingerprint density at radius 3 is 2.82 bits per heavy atom. The van der Waals surface area contributed by atoms with Crippen LogP contribution < -0.4 is 0 Å². The fraction of sp³-hybridized carbons (Fsp3) is 0.750. The second kappa shape index (κ2) is 6.39. The topological polar surface area (TPSA) is 20.2 Å². The maximum Gasteiger partial charge on any atom is 0.0465 e. The Kier molecular flexibility index (Phi) is 5.45. The van der Waals surface area contributed by atoms with Gasteiger partial charge in [0.05, 0.1) is 0 Å². The molecule has 0 saturated carbocycles. The smallest absolute Gasteiger partial charge is 0.0465 e. The molecule has 1 rings (SSSR count). The van der Waals surface area contributed by atoms with Gasteiger partial charge in [-0.2, -0.15) is 0 Å². The molecule has 1 atom stereocenters. The lowest BCUT2D eigenvalue weighted by molar-refractivity contribution is 0.204. The molecule has 98 valence electrons. The summed E-state index contributed by atoms with van der Waals surface area (Å²) < 4.78 is 0. The largest absolute Gasteiger partial charge is 0.396 e. The van der Waals surface area contributed by atoms with Crippen molar-refractivity contribution < 1.29 is 5.11 Å². The maximum absolute atomic E-state index is 8.80. The molecule has 0 bridgehead atoms. The SMILES string of the molecule is CC(=CCCO)CCC1C(C)=CCCC1(C)C. The van der Waals surface area contributed by atoms with Crippen LogP contribution in [0.1, 0.15) is 59.8 Å². The van der Waals surface area contributed by atoms with E-state index in [2.05, 4.69) is 39.8 Å². The predicted molar refractivity (Wildman–Crippen MR) is 75.0 cm³/mol. The van der Waals surface area contributed by atoms with Gasteiger partial charge in [-0.25, -0.2) is 0 Å². The number of hydrogen-bond acceptors (Lipinski definition) is 1. The van der Waals surface area contributed by atoms with Gasteiger partial charge < -0.3 is 5.11 Å². The van der Waals surface area contributed by atoms with Crippen LogP contribution in [0.25, 0.3) is 0 Å². The first-order chi connectivity index (χ1) is 7.97. The van der Waals surface area contributed by atoms with Crippen molar-refractivity contribution in [1.82, 2.24) is 0 Å². The molecular formula is C16H28O. The summed E-state index contributed by atoms with van der Waals surface area (Å²) in [4.78, 5) is 0. The highest BCUT2D eigenvalue weighted by atomic mass is 16.2. The Labute approximate surface area is 107 Å². The normalized spacial score (nSPS) is 24.6. The van der Waals surface area contributed by atoms with Gasteiger partial charge in [0.2, 0.25) is 0 Å². The molecule has 17 heavy (non-hydrogen) atoms. The predicted octanol–water partition coefficient (Wildman–Crippen LogP) is 4.48. The second-order valence-corrected chi connectivity index (χ2v) is 6.13. The standard InChI is InChI=1S/C16H28O/c1-13(7-6-12-17)9-10-15-14(2)8-5-11-16(15,3)4/h7-8,15,17H,5-6,9-12H2,1-4H3. The molecule has 0 fully saturated rings. The molecule has 1 unspecified atom stereocenters. The van der Waals surface area contributed by atoms with Crippen LogP contribution in [0.5, 0.6) is 0 Å². The molecule has 0 radical (unpaired) electrons. The average Bonchev–Trinajstić information content (AvgIpc) is 2.24. The summed E-state index contributed by atoms with van der Waals surface area (Å²) in [5, 5.41) is 8.80. The summed E-state index contributed by atoms with van der Waals surface area (Å²) in [5.74, 6) is 0.730. The van der Waals surface area contributed by atoms with Crippen LogP contribution in [-0.2, 0) is 0 Å². The fourth-order valence-electron chi connectivity index (χ4n) is 3.01. The Balaban J connectivity index is 2.55. The lowest BCUT2D eigenvalue weighted by atomic mass is 9.67. The van der Waals surface area contributed by atoms with Crippen molar-refractivity contribution in [1.29, 1.82) is 0 Å². The summed E-state index contributed by atoms with van der Waals surface area (Å²) in [6, 6.07) is 0. The van der Waals surface area contributed by atoms with E-state index >= 15 is 0 Å². The Hall–Kier alpha value is -0.560. The van der Waals surface area contributed by atoms with Crippen molar-refractivity contribution in [3.8, 4) is 0 Å². The first-order valence-corrected chi connectivity index (χ1v) is 6.90. The molecule has 0 aromatic rings. The third-order valence-electron chi connectivity index (χ3n) is 4.20. The molecule has 0 heterocycles. The van der Waals surface area contributed by atoms with E-state index < -0.39 is 0 Å². The van der Waals surface area contributed by atoms with Crippen LogP contribution in [0.15, 0.2) is 23.3 Å². The number of aliphatic hydroxyl groups excluding tert-OH is 1. The summed E-state index contributed by atoms with van der Waals surface area (Å²) in [6.45, 7) is 9.55. The Morgan fingerprint density at radius 1 is 1.53 bits per heavy atom. The fourth-order valence-corrected chi connectivity index (χ4v) is 3.01. The third kappa shape index (κ3) is 4.31. The maximum atomic E-state index is 8.80. The molecule has 1 nitrogen and oxygen atoms in total. The molecule has 1 N–H and O–H groups in total. The van der Waals surface area contributed by atoms with Gasteiger partial charge in [0.1, 0.15) is 0 Å². The quantitative estimate of drug-likeness (QED) is 0.698. The van der Waals surface area contributed by atoms with Gasteiger partial charge in [-0.3, -0.25) is 0 Å². The van der Waals surface area contributed by atoms with Gasteiger partial charge in [-0.15, -0.1) is 0 Å². The summed E-state index contributed by atoms with van der Waals surface area (Å²) in [7, 11) is 0. The van der Waals surface area contributed by atoms with Gasteiger partial charge in [0.25, 0.3) is 0 Å². The Morgan fingerprint density at radius 2 is 2.24 bits per heavy atom. The van der Waals surface area contributed by atoms with Crippen LogP contribution in [0.4, 0.5) is 0 Å². The molecule has 1 heteroatoms. The van der Waals surface area contributed by atoms with Crippen LogP contribution in [0.3, 0.4) is 0 Å². The highest BCUT2D eigenvalue weighted by Crippen LogP contribution is 2.43. The van der Waals surface area contributed by atoms with Crippen molar-refractivity contribution in [2.45, 2.75) is 59.8 Å². The summed E-state index contributed by atoms with van der Waals surface area (Å²) in [6.07, 6.45) is 10.4. The van der Waals surface area contributed by atoms with Gasteiger partial charge >= 0.3 is 0 Å². The summed E-state index contributed by atoms with van der Waals surface area (Å²) in [5.41, 5.74) is 3.46. The first kappa shape index (κ1) is 14.5. The van der Waals surface area contributed by atoms with Crippen molar-refractivity contribution in [2.75, 3.05) is 6.61 Å².